The average Bonchev–Trinajstić information content (AvgIpc) is 3.11. The summed E-state index contributed by atoms with van der Waals surface area (Å²) in [4.78, 5) is 51.6. The van der Waals surface area contributed by atoms with Crippen LogP contribution in [0.5, 0.6) is 11.5 Å². The van der Waals surface area contributed by atoms with E-state index in [1.807, 2.05) is 0 Å². The normalized spacial score (nSPS) is 23.2. The van der Waals surface area contributed by atoms with Gasteiger partial charge in [-0.1, -0.05) is 0 Å². The molecule has 4 rings (SSSR count). The summed E-state index contributed by atoms with van der Waals surface area (Å²) in [6.07, 6.45) is 0.686. The molecule has 2 aromatic rings. The zero-order valence-corrected chi connectivity index (χ0v) is 21.0. The maximum Gasteiger partial charge on any atom is 0.338 e. The number of alkyl halides is 2. The first-order valence-corrected chi connectivity index (χ1v) is 12.1. The number of halogens is 2. The third-order valence-corrected chi connectivity index (χ3v) is 7.38. The molecular weight excluding hydrogens is 511 g/mol. The molecule has 9 nitrogen and oxygen atoms in total. The van der Waals surface area contributed by atoms with Crippen LogP contribution in [0.1, 0.15) is 23.2 Å². The molecule has 0 radical (unpaired) electrons. The molecule has 1 N–H and O–H groups in total. The van der Waals surface area contributed by atoms with E-state index in [9.17, 15) is 19.2 Å². The van der Waals surface area contributed by atoms with E-state index >= 15 is 0 Å². The maximum absolute atomic E-state index is 12.9. The summed E-state index contributed by atoms with van der Waals surface area (Å²) in [6, 6.07) is 10.7. The minimum absolute atomic E-state index is 0.156. The Morgan fingerprint density at radius 1 is 0.944 bits per heavy atom. The second-order valence-corrected chi connectivity index (χ2v) is 9.59. The SMILES string of the molecule is COc1ccc(OC)c(NC(=O)COC(=O)c2ccc(N3C(=O)[C@H]4C[C@@H](Cl)[C@@H](Cl)C[C@H]4C3=O)cc2)c1. The van der Waals surface area contributed by atoms with Crippen molar-refractivity contribution in [2.24, 2.45) is 11.8 Å². The zero-order valence-electron chi connectivity index (χ0n) is 19.5. The zero-order chi connectivity index (χ0) is 26.0. The number of nitrogens with one attached hydrogen (secondary N) is 1. The van der Waals surface area contributed by atoms with Crippen molar-refractivity contribution in [2.45, 2.75) is 23.6 Å². The minimum Gasteiger partial charge on any atom is -0.497 e. The summed E-state index contributed by atoms with van der Waals surface area (Å²) >= 11 is 12.4. The molecule has 1 saturated carbocycles. The van der Waals surface area contributed by atoms with Crippen LogP contribution in [0.15, 0.2) is 42.5 Å². The lowest BCUT2D eigenvalue weighted by Crippen LogP contribution is -2.34. The molecule has 2 fully saturated rings. The van der Waals surface area contributed by atoms with Crippen molar-refractivity contribution < 1.29 is 33.4 Å². The highest BCUT2D eigenvalue weighted by molar-refractivity contribution is 6.31. The third-order valence-electron chi connectivity index (χ3n) is 6.29. The molecule has 36 heavy (non-hydrogen) atoms. The second kappa shape index (κ2) is 10.8. The highest BCUT2D eigenvalue weighted by atomic mass is 35.5. The van der Waals surface area contributed by atoms with Gasteiger partial charge < -0.3 is 19.5 Å². The van der Waals surface area contributed by atoms with Gasteiger partial charge in [0.1, 0.15) is 11.5 Å². The highest BCUT2D eigenvalue weighted by Crippen LogP contribution is 2.43. The fourth-order valence-electron chi connectivity index (χ4n) is 4.41. The number of imide groups is 1. The Hall–Kier alpha value is -3.30. The maximum atomic E-state index is 12.9. The van der Waals surface area contributed by atoms with Crippen molar-refractivity contribution in [1.82, 2.24) is 0 Å². The van der Waals surface area contributed by atoms with Crippen molar-refractivity contribution in [3.63, 3.8) is 0 Å². The first kappa shape index (κ1) is 25.8. The lowest BCUT2D eigenvalue weighted by atomic mass is 9.80. The molecule has 3 amide bonds. The highest BCUT2D eigenvalue weighted by Gasteiger charge is 2.52. The van der Waals surface area contributed by atoms with Crippen molar-refractivity contribution in [1.29, 1.82) is 0 Å². The standard InChI is InChI=1S/C25H24Cl2N2O7/c1-34-15-7-8-21(35-2)20(9-15)28-22(30)12-36-25(33)13-3-5-14(6-4-13)29-23(31)16-10-18(26)19(27)11-17(16)24(29)32/h3-9,16-19H,10-12H2,1-2H3,(H,28,30)/t16-,17+,18+,19-. The number of rotatable bonds is 7. The first-order chi connectivity index (χ1) is 17.2. The molecule has 1 aliphatic heterocycles. The van der Waals surface area contributed by atoms with Crippen LogP contribution in [0.2, 0.25) is 0 Å². The molecule has 1 aliphatic carbocycles. The quantitative estimate of drug-likeness (QED) is 0.328. The molecule has 2 aromatic carbocycles. The Morgan fingerprint density at radius 3 is 2.11 bits per heavy atom. The van der Waals surface area contributed by atoms with Gasteiger partial charge in [0.25, 0.3) is 5.91 Å². The molecule has 190 valence electrons. The lowest BCUT2D eigenvalue weighted by Gasteiger charge is -2.28. The van der Waals surface area contributed by atoms with Gasteiger partial charge >= 0.3 is 5.97 Å². The predicted octanol–water partition coefficient (Wildman–Crippen LogP) is 3.61. The molecule has 11 heteroatoms. The number of anilines is 2. The Labute approximate surface area is 217 Å². The summed E-state index contributed by atoms with van der Waals surface area (Å²) < 4.78 is 15.4. The van der Waals surface area contributed by atoms with Crippen LogP contribution >= 0.6 is 23.2 Å². The van der Waals surface area contributed by atoms with Gasteiger partial charge in [0, 0.05) is 6.07 Å². The third kappa shape index (κ3) is 5.12. The molecule has 1 saturated heterocycles. The van der Waals surface area contributed by atoms with E-state index < -0.39 is 30.3 Å². The van der Waals surface area contributed by atoms with Gasteiger partial charge in [-0.15, -0.1) is 23.2 Å². The predicted molar refractivity (Wildman–Crippen MR) is 133 cm³/mol. The van der Waals surface area contributed by atoms with Crippen molar-refractivity contribution in [3.8, 4) is 11.5 Å². The van der Waals surface area contributed by atoms with Gasteiger partial charge in [0.2, 0.25) is 11.8 Å². The number of benzene rings is 2. The minimum atomic E-state index is -0.739. The molecule has 0 bridgehead atoms. The number of fused-ring (bicyclic) bond motifs is 1. The number of carbonyl (C=O) groups is 4. The van der Waals surface area contributed by atoms with Crippen LogP contribution in [0, 0.1) is 11.8 Å². The van der Waals surface area contributed by atoms with Crippen LogP contribution in [-0.2, 0) is 19.1 Å². The number of amides is 3. The van der Waals surface area contributed by atoms with Gasteiger partial charge in [0.05, 0.1) is 53.7 Å². The molecule has 4 atom stereocenters. The topological polar surface area (TPSA) is 111 Å². The van der Waals surface area contributed by atoms with Gasteiger partial charge in [0.15, 0.2) is 6.61 Å². The van der Waals surface area contributed by atoms with E-state index in [2.05, 4.69) is 5.32 Å². The Kier molecular flexibility index (Phi) is 7.70. The van der Waals surface area contributed by atoms with Crippen LogP contribution in [-0.4, -0.2) is 55.3 Å². The van der Waals surface area contributed by atoms with Crippen molar-refractivity contribution in [2.75, 3.05) is 31.0 Å². The molecular formula is C25H24Cl2N2O7. The molecule has 0 spiro atoms. The van der Waals surface area contributed by atoms with E-state index in [1.165, 1.54) is 38.5 Å². The van der Waals surface area contributed by atoms with Gasteiger partial charge in [-0.25, -0.2) is 4.79 Å². The molecule has 2 aliphatic rings. The van der Waals surface area contributed by atoms with E-state index in [1.54, 1.807) is 18.2 Å². The number of methoxy groups -OCH3 is 2. The monoisotopic (exact) mass is 534 g/mol. The lowest BCUT2D eigenvalue weighted by molar-refractivity contribution is -0.122. The Bertz CT molecular complexity index is 1160. The summed E-state index contributed by atoms with van der Waals surface area (Å²) in [5.74, 6) is -2.02. The van der Waals surface area contributed by atoms with Crippen LogP contribution < -0.4 is 19.7 Å². The molecule has 0 unspecified atom stereocenters. The Balaban J connectivity index is 1.37. The smallest absolute Gasteiger partial charge is 0.338 e. The summed E-state index contributed by atoms with van der Waals surface area (Å²) in [5, 5.41) is 1.87. The second-order valence-electron chi connectivity index (χ2n) is 8.47. The van der Waals surface area contributed by atoms with Crippen LogP contribution in [0.25, 0.3) is 0 Å². The largest absolute Gasteiger partial charge is 0.497 e. The van der Waals surface area contributed by atoms with Crippen LogP contribution in [0.4, 0.5) is 11.4 Å². The van der Waals surface area contributed by atoms with Crippen molar-refractivity contribution >= 4 is 58.3 Å². The fraction of sp³-hybridized carbons (Fsp3) is 0.360. The first-order valence-electron chi connectivity index (χ1n) is 11.2. The number of ether oxygens (including phenoxy) is 3. The number of hydrogen-bond donors (Lipinski definition) is 1. The number of carbonyl (C=O) groups excluding carboxylic acids is 4. The van der Waals surface area contributed by atoms with Gasteiger partial charge in [-0.05, 0) is 49.2 Å². The van der Waals surface area contributed by atoms with E-state index in [0.717, 1.165) is 4.90 Å². The Morgan fingerprint density at radius 2 is 1.56 bits per heavy atom. The number of nitrogens with zero attached hydrogens (tertiary/aromatic N) is 1. The number of esters is 1. The average molecular weight is 535 g/mol. The summed E-state index contributed by atoms with van der Waals surface area (Å²) in [7, 11) is 2.95. The summed E-state index contributed by atoms with van der Waals surface area (Å²) in [5.41, 5.74) is 0.864. The van der Waals surface area contributed by atoms with Crippen molar-refractivity contribution in [3.05, 3.63) is 48.0 Å². The molecule has 0 aromatic heterocycles. The number of hydrogen-bond acceptors (Lipinski definition) is 7. The van der Waals surface area contributed by atoms with E-state index in [-0.39, 0.29) is 28.1 Å². The van der Waals surface area contributed by atoms with Gasteiger partial charge in [-0.3, -0.25) is 19.3 Å². The van der Waals surface area contributed by atoms with Crippen LogP contribution in [0.3, 0.4) is 0 Å². The van der Waals surface area contributed by atoms with E-state index in [4.69, 9.17) is 37.4 Å². The fourth-order valence-corrected chi connectivity index (χ4v) is 5.00. The summed E-state index contributed by atoms with van der Waals surface area (Å²) in [6.45, 7) is -0.535. The van der Waals surface area contributed by atoms with Gasteiger partial charge in [-0.2, -0.15) is 0 Å². The molecule has 1 heterocycles. The van der Waals surface area contributed by atoms with E-state index in [0.29, 0.717) is 35.7 Å².